The van der Waals surface area contributed by atoms with Gasteiger partial charge < -0.3 is 9.47 Å². The summed E-state index contributed by atoms with van der Waals surface area (Å²) in [5, 5.41) is 4.12. The molecule has 0 bridgehead atoms. The summed E-state index contributed by atoms with van der Waals surface area (Å²) in [5.41, 5.74) is 0.655. The van der Waals surface area contributed by atoms with Crippen LogP contribution in [0, 0.1) is 0 Å². The van der Waals surface area contributed by atoms with E-state index in [2.05, 4.69) is 10.1 Å². The fraction of sp³-hybridized carbons (Fsp3) is 0.333. The predicted octanol–water partition coefficient (Wildman–Crippen LogP) is 1.18. The Morgan fingerprint density at radius 1 is 1.29 bits per heavy atom. The summed E-state index contributed by atoms with van der Waals surface area (Å²) in [4.78, 5) is 3.94. The summed E-state index contributed by atoms with van der Waals surface area (Å²) < 4.78 is 12.9. The van der Waals surface area contributed by atoms with Gasteiger partial charge in [0.15, 0.2) is 0 Å². The molecule has 88 valence electrons. The zero-order valence-corrected chi connectivity index (χ0v) is 9.32. The molecule has 0 radical (unpaired) electrons. The summed E-state index contributed by atoms with van der Waals surface area (Å²) >= 11 is 0. The van der Waals surface area contributed by atoms with Crippen LogP contribution in [0.25, 0.3) is 0 Å². The van der Waals surface area contributed by atoms with E-state index < -0.39 is 5.60 Å². The first kappa shape index (κ1) is 10.4. The fourth-order valence-corrected chi connectivity index (χ4v) is 2.07. The number of benzene rings is 1. The lowest BCUT2D eigenvalue weighted by Crippen LogP contribution is -2.34. The molecular weight excluding hydrogens is 218 g/mol. The molecule has 2 aromatic rings. The molecule has 0 N–H and O–H groups in total. The maximum absolute atomic E-state index is 5.79. The number of rotatable bonds is 3. The van der Waals surface area contributed by atoms with Crippen molar-refractivity contribution >= 4 is 0 Å². The van der Waals surface area contributed by atoms with E-state index in [1.165, 1.54) is 6.33 Å². The van der Waals surface area contributed by atoms with Gasteiger partial charge in [-0.3, -0.25) is 0 Å². The molecule has 1 aliphatic heterocycles. The van der Waals surface area contributed by atoms with E-state index in [0.29, 0.717) is 19.9 Å². The lowest BCUT2D eigenvalue weighted by Gasteiger charge is -2.26. The van der Waals surface area contributed by atoms with E-state index in [0.717, 1.165) is 5.56 Å². The van der Waals surface area contributed by atoms with E-state index >= 15 is 0 Å². The molecule has 1 aliphatic rings. The summed E-state index contributed by atoms with van der Waals surface area (Å²) in [5.74, 6) is 0. The van der Waals surface area contributed by atoms with Gasteiger partial charge in [-0.1, -0.05) is 30.3 Å². The van der Waals surface area contributed by atoms with Gasteiger partial charge >= 0.3 is 0 Å². The Balaban J connectivity index is 1.93. The molecule has 2 heterocycles. The molecule has 1 atom stereocenters. The number of hydrogen-bond donors (Lipinski definition) is 0. The van der Waals surface area contributed by atoms with Gasteiger partial charge in [0.1, 0.15) is 25.0 Å². The first-order chi connectivity index (χ1) is 8.39. The van der Waals surface area contributed by atoms with Crippen LogP contribution < -0.4 is 0 Å². The molecule has 0 amide bonds. The number of ether oxygens (including phenoxy) is 2. The average Bonchev–Trinajstić information content (AvgIpc) is 3.03. The van der Waals surface area contributed by atoms with Crippen LogP contribution in [-0.2, 0) is 21.6 Å². The molecule has 0 saturated carbocycles. The second-order valence-corrected chi connectivity index (χ2v) is 4.06. The highest BCUT2D eigenvalue weighted by Crippen LogP contribution is 2.32. The van der Waals surface area contributed by atoms with Crippen molar-refractivity contribution in [3.63, 3.8) is 0 Å². The number of hydrogen-bond acceptors (Lipinski definition) is 4. The number of nitrogens with zero attached hydrogens (tertiary/aromatic N) is 3. The largest absolute Gasteiger partial charge is 0.352 e. The van der Waals surface area contributed by atoms with E-state index in [1.54, 1.807) is 11.0 Å². The maximum atomic E-state index is 5.79. The van der Waals surface area contributed by atoms with E-state index in [1.807, 2.05) is 30.3 Å². The Hall–Kier alpha value is -1.72. The first-order valence-corrected chi connectivity index (χ1v) is 5.49. The smallest absolute Gasteiger partial charge is 0.148 e. The topological polar surface area (TPSA) is 49.2 Å². The van der Waals surface area contributed by atoms with Gasteiger partial charge in [-0.05, 0) is 5.56 Å². The van der Waals surface area contributed by atoms with E-state index in [-0.39, 0.29) is 0 Å². The third-order valence-electron chi connectivity index (χ3n) is 2.94. The minimum absolute atomic E-state index is 0.323. The summed E-state index contributed by atoms with van der Waals surface area (Å²) in [7, 11) is 0. The molecule has 17 heavy (non-hydrogen) atoms. The summed E-state index contributed by atoms with van der Waals surface area (Å²) in [6, 6.07) is 10.1. The van der Waals surface area contributed by atoms with Crippen LogP contribution in [0.2, 0.25) is 0 Å². The van der Waals surface area contributed by atoms with Crippen LogP contribution in [-0.4, -0.2) is 28.2 Å². The van der Waals surface area contributed by atoms with Gasteiger partial charge in [0.05, 0.1) is 13.2 Å². The van der Waals surface area contributed by atoms with Crippen LogP contribution in [0.3, 0.4) is 0 Å². The van der Waals surface area contributed by atoms with Crippen LogP contribution in [0.1, 0.15) is 5.56 Å². The Labute approximate surface area is 99.0 Å². The van der Waals surface area contributed by atoms with Crippen LogP contribution in [0.4, 0.5) is 0 Å². The zero-order valence-electron chi connectivity index (χ0n) is 9.32. The van der Waals surface area contributed by atoms with Gasteiger partial charge in [-0.2, -0.15) is 5.10 Å². The van der Waals surface area contributed by atoms with Crippen LogP contribution >= 0.6 is 0 Å². The molecule has 1 unspecified atom stereocenters. The Bertz CT molecular complexity index is 464. The molecule has 5 nitrogen and oxygen atoms in total. The van der Waals surface area contributed by atoms with E-state index in [4.69, 9.17) is 9.47 Å². The van der Waals surface area contributed by atoms with Crippen molar-refractivity contribution in [2.24, 2.45) is 0 Å². The van der Waals surface area contributed by atoms with Gasteiger partial charge in [-0.25, -0.2) is 9.67 Å². The molecule has 0 spiro atoms. The molecular formula is C12H13N3O2. The minimum atomic E-state index is -0.449. The maximum Gasteiger partial charge on any atom is 0.148 e. The van der Waals surface area contributed by atoms with Crippen LogP contribution in [0.15, 0.2) is 43.0 Å². The van der Waals surface area contributed by atoms with Crippen molar-refractivity contribution in [1.29, 1.82) is 0 Å². The highest BCUT2D eigenvalue weighted by molar-refractivity contribution is 5.23. The highest BCUT2D eigenvalue weighted by atomic mass is 16.7. The van der Waals surface area contributed by atoms with Gasteiger partial charge in [-0.15, -0.1) is 0 Å². The zero-order chi connectivity index (χ0) is 11.6. The first-order valence-electron chi connectivity index (χ1n) is 5.49. The third-order valence-corrected chi connectivity index (χ3v) is 2.94. The Morgan fingerprint density at radius 2 is 2.18 bits per heavy atom. The van der Waals surface area contributed by atoms with Gasteiger partial charge in [0.2, 0.25) is 0 Å². The van der Waals surface area contributed by atoms with Crippen molar-refractivity contribution in [2.75, 3.05) is 13.4 Å². The fourth-order valence-electron chi connectivity index (χ4n) is 2.07. The van der Waals surface area contributed by atoms with Gasteiger partial charge in [0, 0.05) is 0 Å². The van der Waals surface area contributed by atoms with Crippen molar-refractivity contribution in [1.82, 2.24) is 14.8 Å². The second kappa shape index (κ2) is 4.27. The predicted molar refractivity (Wildman–Crippen MR) is 60.0 cm³/mol. The Morgan fingerprint density at radius 3 is 2.82 bits per heavy atom. The average molecular weight is 231 g/mol. The third kappa shape index (κ3) is 1.94. The van der Waals surface area contributed by atoms with Crippen molar-refractivity contribution < 1.29 is 9.47 Å². The minimum Gasteiger partial charge on any atom is -0.352 e. The summed E-state index contributed by atoms with van der Waals surface area (Å²) in [6.45, 7) is 1.47. The molecule has 1 aromatic heterocycles. The highest BCUT2D eigenvalue weighted by Gasteiger charge is 2.38. The van der Waals surface area contributed by atoms with Crippen molar-refractivity contribution in [3.05, 3.63) is 48.5 Å². The monoisotopic (exact) mass is 231 g/mol. The van der Waals surface area contributed by atoms with Crippen molar-refractivity contribution in [2.45, 2.75) is 12.1 Å². The second-order valence-electron chi connectivity index (χ2n) is 4.06. The van der Waals surface area contributed by atoms with Crippen LogP contribution in [0.5, 0.6) is 0 Å². The lowest BCUT2D eigenvalue weighted by atomic mass is 9.95. The quantitative estimate of drug-likeness (QED) is 0.795. The molecule has 5 heteroatoms. The number of aromatic nitrogens is 3. The molecule has 0 aliphatic carbocycles. The standard InChI is InChI=1S/C12H13N3O2/c1-2-4-11(5-3-1)12(7-16-10-17-12)6-15-9-13-8-14-15/h1-5,8-9H,6-7,10H2. The van der Waals surface area contributed by atoms with E-state index in [9.17, 15) is 0 Å². The summed E-state index contributed by atoms with van der Waals surface area (Å²) in [6.07, 6.45) is 3.21. The Kier molecular flexibility index (Phi) is 2.62. The lowest BCUT2D eigenvalue weighted by molar-refractivity contribution is -0.0240. The van der Waals surface area contributed by atoms with Crippen molar-refractivity contribution in [3.8, 4) is 0 Å². The molecule has 1 aromatic carbocycles. The molecule has 1 fully saturated rings. The normalized spacial score (nSPS) is 24.0. The SMILES string of the molecule is c1ccc(C2(Cn3cncn3)COCO2)cc1. The van der Waals surface area contributed by atoms with Gasteiger partial charge in [0.25, 0.3) is 0 Å². The molecule has 1 saturated heterocycles. The molecule has 3 rings (SSSR count).